The van der Waals surface area contributed by atoms with Gasteiger partial charge in [-0.05, 0) is 31.6 Å². The zero-order valence-electron chi connectivity index (χ0n) is 12.6. The lowest BCUT2D eigenvalue weighted by atomic mass is 9.69. The number of rotatable bonds is 2. The van der Waals surface area contributed by atoms with Gasteiger partial charge in [0.2, 0.25) is 0 Å². The Hall–Kier alpha value is -0.490. The first-order valence-corrected chi connectivity index (χ1v) is 8.14. The monoisotopic (exact) mass is 298 g/mol. The van der Waals surface area contributed by atoms with Crippen molar-refractivity contribution in [1.29, 1.82) is 0 Å². The molecule has 0 aromatic carbocycles. The Balaban J connectivity index is 1.65. The van der Waals surface area contributed by atoms with Gasteiger partial charge >= 0.3 is 0 Å². The van der Waals surface area contributed by atoms with Crippen LogP contribution in [0.3, 0.4) is 0 Å². The first-order chi connectivity index (χ1) is 10.1. The molecule has 2 N–H and O–H groups in total. The molecule has 3 rings (SSSR count). The summed E-state index contributed by atoms with van der Waals surface area (Å²) in [6.45, 7) is 0.446. The third kappa shape index (κ3) is 3.02. The number of carbonyl (C=O) groups excluding carboxylic acids is 1. The van der Waals surface area contributed by atoms with Crippen molar-refractivity contribution in [1.82, 2.24) is 0 Å². The van der Waals surface area contributed by atoms with Crippen LogP contribution in [0.15, 0.2) is 0 Å². The first-order valence-electron chi connectivity index (χ1n) is 8.14. The Morgan fingerprint density at radius 1 is 1.14 bits per heavy atom. The zero-order valence-corrected chi connectivity index (χ0v) is 12.6. The standard InChI is InChI=1S/C16H26O5/c1-20-11-4-2-9(3-5-11)12-8-21-14-7-10(17)6-13(18)15(14)16(12)19/h9-15,17-18H,2-8H2,1H3. The molecule has 21 heavy (non-hydrogen) atoms. The number of ketones is 1. The number of carbonyl (C=O) groups is 1. The minimum Gasteiger partial charge on any atom is -0.393 e. The highest BCUT2D eigenvalue weighted by Crippen LogP contribution is 2.40. The normalized spacial score (nSPS) is 48.0. The molecule has 3 aliphatic rings. The number of fused-ring (bicyclic) bond motifs is 1. The molecular weight excluding hydrogens is 272 g/mol. The van der Waals surface area contributed by atoms with Crippen molar-refractivity contribution in [3.63, 3.8) is 0 Å². The Labute approximate surface area is 125 Å². The van der Waals surface area contributed by atoms with Gasteiger partial charge in [-0.15, -0.1) is 0 Å². The molecule has 1 heterocycles. The van der Waals surface area contributed by atoms with Crippen molar-refractivity contribution in [2.75, 3.05) is 13.7 Å². The Morgan fingerprint density at radius 3 is 2.52 bits per heavy atom. The Kier molecular flexibility index (Phi) is 4.64. The lowest BCUT2D eigenvalue weighted by Gasteiger charge is -2.44. The number of aliphatic hydroxyl groups excluding tert-OH is 2. The number of hydrogen-bond acceptors (Lipinski definition) is 5. The van der Waals surface area contributed by atoms with Crippen LogP contribution in [0.25, 0.3) is 0 Å². The van der Waals surface area contributed by atoms with E-state index in [-0.39, 0.29) is 17.8 Å². The van der Waals surface area contributed by atoms with Crippen LogP contribution in [0.1, 0.15) is 38.5 Å². The van der Waals surface area contributed by atoms with Crippen LogP contribution in [-0.4, -0.2) is 54.1 Å². The molecule has 2 aliphatic carbocycles. The van der Waals surface area contributed by atoms with Crippen molar-refractivity contribution < 1.29 is 24.5 Å². The van der Waals surface area contributed by atoms with Crippen molar-refractivity contribution >= 4 is 5.78 Å². The summed E-state index contributed by atoms with van der Waals surface area (Å²) >= 11 is 0. The van der Waals surface area contributed by atoms with Crippen molar-refractivity contribution in [3.8, 4) is 0 Å². The van der Waals surface area contributed by atoms with Gasteiger partial charge in [-0.3, -0.25) is 4.79 Å². The molecule has 0 bridgehead atoms. The van der Waals surface area contributed by atoms with Gasteiger partial charge in [-0.25, -0.2) is 0 Å². The van der Waals surface area contributed by atoms with E-state index in [1.165, 1.54) is 0 Å². The molecule has 5 atom stereocenters. The summed E-state index contributed by atoms with van der Waals surface area (Å²) in [6, 6.07) is 0. The summed E-state index contributed by atoms with van der Waals surface area (Å²) < 4.78 is 11.2. The maximum atomic E-state index is 12.8. The largest absolute Gasteiger partial charge is 0.393 e. The highest BCUT2D eigenvalue weighted by Gasteiger charge is 2.49. The summed E-state index contributed by atoms with van der Waals surface area (Å²) in [5.41, 5.74) is 0. The number of Topliss-reactive ketones (excluding diaryl/α,β-unsaturated/α-hetero) is 1. The van der Waals surface area contributed by atoms with Gasteiger partial charge in [0.15, 0.2) is 0 Å². The highest BCUT2D eigenvalue weighted by molar-refractivity contribution is 5.85. The summed E-state index contributed by atoms with van der Waals surface area (Å²) in [5, 5.41) is 19.9. The number of ether oxygens (including phenoxy) is 2. The third-order valence-corrected chi connectivity index (χ3v) is 5.64. The Morgan fingerprint density at radius 2 is 1.86 bits per heavy atom. The fourth-order valence-corrected chi connectivity index (χ4v) is 4.38. The van der Waals surface area contributed by atoms with E-state index in [1.807, 2.05) is 0 Å². The fourth-order valence-electron chi connectivity index (χ4n) is 4.38. The molecule has 0 spiro atoms. The number of methoxy groups -OCH3 is 1. The van der Waals surface area contributed by atoms with Crippen molar-refractivity contribution in [2.45, 2.75) is 62.9 Å². The maximum Gasteiger partial charge on any atom is 0.146 e. The van der Waals surface area contributed by atoms with Crippen LogP contribution < -0.4 is 0 Å². The van der Waals surface area contributed by atoms with Crippen LogP contribution in [0.4, 0.5) is 0 Å². The first kappa shape index (κ1) is 15.4. The minimum atomic E-state index is -0.760. The molecule has 0 amide bonds. The molecule has 5 unspecified atom stereocenters. The molecule has 3 fully saturated rings. The predicted molar refractivity (Wildman–Crippen MR) is 75.7 cm³/mol. The second-order valence-electron chi connectivity index (χ2n) is 6.87. The maximum absolute atomic E-state index is 12.8. The van der Waals surface area contributed by atoms with Crippen LogP contribution in [0.5, 0.6) is 0 Å². The molecule has 5 nitrogen and oxygen atoms in total. The van der Waals surface area contributed by atoms with Crippen molar-refractivity contribution in [3.05, 3.63) is 0 Å². The summed E-state index contributed by atoms with van der Waals surface area (Å²) in [7, 11) is 1.74. The third-order valence-electron chi connectivity index (χ3n) is 5.64. The fraction of sp³-hybridized carbons (Fsp3) is 0.938. The predicted octanol–water partition coefficient (Wildman–Crippen LogP) is 0.908. The van der Waals surface area contributed by atoms with Crippen LogP contribution in [0, 0.1) is 17.8 Å². The van der Waals surface area contributed by atoms with Gasteiger partial charge in [0.1, 0.15) is 5.78 Å². The molecule has 0 aromatic heterocycles. The van der Waals surface area contributed by atoms with Gasteiger partial charge in [0, 0.05) is 25.9 Å². The summed E-state index contributed by atoms with van der Waals surface area (Å²) in [5.74, 6) is -0.0170. The Bertz CT molecular complexity index is 377. The van der Waals surface area contributed by atoms with Gasteiger partial charge in [0.25, 0.3) is 0 Å². The zero-order chi connectivity index (χ0) is 15.0. The molecule has 1 aliphatic heterocycles. The van der Waals surface area contributed by atoms with E-state index in [4.69, 9.17) is 9.47 Å². The summed E-state index contributed by atoms with van der Waals surface area (Å²) in [4.78, 5) is 12.8. The second-order valence-corrected chi connectivity index (χ2v) is 6.87. The average Bonchev–Trinajstić information content (AvgIpc) is 2.47. The topological polar surface area (TPSA) is 76.0 Å². The summed E-state index contributed by atoms with van der Waals surface area (Å²) in [6.07, 6.45) is 3.46. The van der Waals surface area contributed by atoms with E-state index in [2.05, 4.69) is 0 Å². The quantitative estimate of drug-likeness (QED) is 0.792. The highest BCUT2D eigenvalue weighted by atomic mass is 16.5. The number of aliphatic hydroxyl groups is 2. The van der Waals surface area contributed by atoms with E-state index in [0.717, 1.165) is 25.7 Å². The molecule has 0 radical (unpaired) electrons. The molecular formula is C16H26O5. The lowest BCUT2D eigenvalue weighted by molar-refractivity contribution is -0.172. The minimum absolute atomic E-state index is 0.0889. The lowest BCUT2D eigenvalue weighted by Crippen LogP contribution is -2.55. The SMILES string of the molecule is COC1CCC(C2COC3CC(O)CC(O)C3C2=O)CC1. The smallest absolute Gasteiger partial charge is 0.146 e. The van der Waals surface area contributed by atoms with Gasteiger partial charge < -0.3 is 19.7 Å². The second kappa shape index (κ2) is 6.32. The average molecular weight is 298 g/mol. The van der Waals surface area contributed by atoms with E-state index < -0.39 is 18.1 Å². The van der Waals surface area contributed by atoms with Gasteiger partial charge in [-0.2, -0.15) is 0 Å². The van der Waals surface area contributed by atoms with Gasteiger partial charge in [0.05, 0.1) is 36.9 Å². The van der Waals surface area contributed by atoms with Gasteiger partial charge in [-0.1, -0.05) is 0 Å². The van der Waals surface area contributed by atoms with Crippen LogP contribution >= 0.6 is 0 Å². The molecule has 120 valence electrons. The molecule has 2 saturated carbocycles. The van der Waals surface area contributed by atoms with Crippen LogP contribution in [0.2, 0.25) is 0 Å². The van der Waals surface area contributed by atoms with E-state index in [1.54, 1.807) is 7.11 Å². The molecule has 1 saturated heterocycles. The van der Waals surface area contributed by atoms with E-state index in [0.29, 0.717) is 31.5 Å². The van der Waals surface area contributed by atoms with Crippen LogP contribution in [-0.2, 0) is 14.3 Å². The molecule has 5 heteroatoms. The molecule has 0 aromatic rings. The van der Waals surface area contributed by atoms with E-state index >= 15 is 0 Å². The van der Waals surface area contributed by atoms with E-state index in [9.17, 15) is 15.0 Å². The number of hydrogen-bond donors (Lipinski definition) is 2. The van der Waals surface area contributed by atoms with Crippen molar-refractivity contribution in [2.24, 2.45) is 17.8 Å².